The standard InChI is InChI=1S/C15H15N3O3S/c1-9-10(2)17-21-15(9)18-22(19,20)14-6-4-11-3-5-13(16)7-12(11)8-14/h3-8,18H,16H2,1-2H3. The number of benzene rings is 2. The average Bonchev–Trinajstić information content (AvgIpc) is 2.78. The van der Waals surface area contributed by atoms with Crippen molar-refractivity contribution in [3.63, 3.8) is 0 Å². The molecular weight excluding hydrogens is 302 g/mol. The number of aryl methyl sites for hydroxylation is 1. The first-order chi connectivity index (χ1) is 10.4. The first-order valence-electron chi connectivity index (χ1n) is 6.62. The highest BCUT2D eigenvalue weighted by molar-refractivity contribution is 7.92. The van der Waals surface area contributed by atoms with Crippen LogP contribution >= 0.6 is 0 Å². The van der Waals surface area contributed by atoms with Gasteiger partial charge in [-0.3, -0.25) is 0 Å². The summed E-state index contributed by atoms with van der Waals surface area (Å²) in [6.07, 6.45) is 0. The molecule has 1 heterocycles. The molecule has 0 unspecified atom stereocenters. The van der Waals surface area contributed by atoms with E-state index in [-0.39, 0.29) is 10.8 Å². The van der Waals surface area contributed by atoms with Crippen molar-refractivity contribution < 1.29 is 12.9 Å². The van der Waals surface area contributed by atoms with E-state index < -0.39 is 10.0 Å². The normalized spacial score (nSPS) is 11.7. The molecule has 22 heavy (non-hydrogen) atoms. The highest BCUT2D eigenvalue weighted by Crippen LogP contribution is 2.25. The Bertz CT molecular complexity index is 961. The van der Waals surface area contributed by atoms with Crippen LogP contribution < -0.4 is 10.5 Å². The van der Waals surface area contributed by atoms with E-state index in [1.807, 2.05) is 6.07 Å². The Hall–Kier alpha value is -2.54. The minimum Gasteiger partial charge on any atom is -0.399 e. The van der Waals surface area contributed by atoms with Crippen LogP contribution in [0.25, 0.3) is 10.8 Å². The van der Waals surface area contributed by atoms with E-state index >= 15 is 0 Å². The molecule has 1 aromatic heterocycles. The molecule has 0 aliphatic rings. The number of rotatable bonds is 3. The first kappa shape index (κ1) is 14.4. The number of nitrogens with two attached hydrogens (primary N) is 1. The molecule has 0 saturated carbocycles. The number of anilines is 2. The lowest BCUT2D eigenvalue weighted by atomic mass is 10.1. The molecule has 2 aromatic carbocycles. The molecule has 114 valence electrons. The van der Waals surface area contributed by atoms with Gasteiger partial charge in [-0.05, 0) is 48.9 Å². The molecule has 0 bridgehead atoms. The number of aromatic nitrogens is 1. The van der Waals surface area contributed by atoms with E-state index in [1.54, 1.807) is 44.2 Å². The monoisotopic (exact) mass is 317 g/mol. The molecule has 0 aliphatic heterocycles. The fourth-order valence-corrected chi connectivity index (χ4v) is 3.18. The maximum Gasteiger partial charge on any atom is 0.264 e. The summed E-state index contributed by atoms with van der Waals surface area (Å²) in [5.74, 6) is 0.130. The zero-order chi connectivity index (χ0) is 15.9. The molecule has 3 aromatic rings. The van der Waals surface area contributed by atoms with Crippen LogP contribution in [0.1, 0.15) is 11.3 Å². The summed E-state index contributed by atoms with van der Waals surface area (Å²) in [6.45, 7) is 3.49. The number of nitrogen functional groups attached to an aromatic ring is 1. The molecule has 0 aliphatic carbocycles. The van der Waals surface area contributed by atoms with Gasteiger partial charge >= 0.3 is 0 Å². The molecule has 0 spiro atoms. The maximum absolute atomic E-state index is 12.5. The van der Waals surface area contributed by atoms with Gasteiger partial charge in [0.05, 0.1) is 10.6 Å². The van der Waals surface area contributed by atoms with Gasteiger partial charge in [0.2, 0.25) is 5.88 Å². The Morgan fingerprint density at radius 3 is 2.50 bits per heavy atom. The Morgan fingerprint density at radius 2 is 1.82 bits per heavy atom. The third kappa shape index (κ3) is 2.50. The van der Waals surface area contributed by atoms with E-state index in [9.17, 15) is 8.42 Å². The third-order valence-electron chi connectivity index (χ3n) is 3.53. The van der Waals surface area contributed by atoms with Crippen molar-refractivity contribution in [3.05, 3.63) is 47.7 Å². The van der Waals surface area contributed by atoms with E-state index in [0.29, 0.717) is 16.9 Å². The molecule has 0 saturated heterocycles. The summed E-state index contributed by atoms with van der Waals surface area (Å²) in [5, 5.41) is 5.41. The smallest absolute Gasteiger partial charge is 0.264 e. The Morgan fingerprint density at radius 1 is 1.09 bits per heavy atom. The molecular formula is C15H15N3O3S. The zero-order valence-corrected chi connectivity index (χ0v) is 12.9. The van der Waals surface area contributed by atoms with Crippen LogP contribution in [0.2, 0.25) is 0 Å². The van der Waals surface area contributed by atoms with Crippen LogP contribution in [0.4, 0.5) is 11.6 Å². The van der Waals surface area contributed by atoms with Crippen molar-refractivity contribution in [3.8, 4) is 0 Å². The molecule has 7 heteroatoms. The van der Waals surface area contributed by atoms with Crippen LogP contribution in [0.5, 0.6) is 0 Å². The predicted octanol–water partition coefficient (Wildman–Crippen LogP) is 2.83. The van der Waals surface area contributed by atoms with Gasteiger partial charge < -0.3 is 10.3 Å². The van der Waals surface area contributed by atoms with Gasteiger partial charge in [-0.15, -0.1) is 0 Å². The van der Waals surface area contributed by atoms with Crippen LogP contribution in [0, 0.1) is 13.8 Å². The molecule has 0 atom stereocenters. The van der Waals surface area contributed by atoms with Crippen molar-refractivity contribution >= 4 is 32.4 Å². The van der Waals surface area contributed by atoms with Crippen molar-refractivity contribution in [1.29, 1.82) is 0 Å². The third-order valence-corrected chi connectivity index (χ3v) is 4.86. The Balaban J connectivity index is 2.03. The molecule has 0 radical (unpaired) electrons. The molecule has 3 rings (SSSR count). The highest BCUT2D eigenvalue weighted by Gasteiger charge is 2.19. The summed E-state index contributed by atoms with van der Waals surface area (Å²) >= 11 is 0. The lowest BCUT2D eigenvalue weighted by Crippen LogP contribution is -2.13. The van der Waals surface area contributed by atoms with Gasteiger partial charge in [-0.25, -0.2) is 13.1 Å². The lowest BCUT2D eigenvalue weighted by Gasteiger charge is -2.07. The zero-order valence-electron chi connectivity index (χ0n) is 12.1. The largest absolute Gasteiger partial charge is 0.399 e. The number of sulfonamides is 1. The van der Waals surface area contributed by atoms with Crippen LogP contribution in [-0.4, -0.2) is 13.6 Å². The second-order valence-electron chi connectivity index (χ2n) is 5.10. The SMILES string of the molecule is Cc1noc(NS(=O)(=O)c2ccc3ccc(N)cc3c2)c1C. The minimum absolute atomic E-state index is 0.130. The van der Waals surface area contributed by atoms with Gasteiger partial charge in [0.25, 0.3) is 10.0 Å². The van der Waals surface area contributed by atoms with Crippen molar-refractivity contribution in [2.24, 2.45) is 0 Å². The summed E-state index contributed by atoms with van der Waals surface area (Å²) in [5.41, 5.74) is 7.62. The average molecular weight is 317 g/mol. The topological polar surface area (TPSA) is 98.2 Å². The quantitative estimate of drug-likeness (QED) is 0.724. The number of hydrogen-bond donors (Lipinski definition) is 2. The van der Waals surface area contributed by atoms with Gasteiger partial charge in [0.1, 0.15) is 0 Å². The van der Waals surface area contributed by atoms with Gasteiger partial charge in [-0.1, -0.05) is 17.3 Å². The van der Waals surface area contributed by atoms with Crippen LogP contribution in [0.3, 0.4) is 0 Å². The van der Waals surface area contributed by atoms with E-state index in [2.05, 4.69) is 9.88 Å². The minimum atomic E-state index is -3.75. The number of hydrogen-bond acceptors (Lipinski definition) is 5. The number of fused-ring (bicyclic) bond motifs is 1. The molecule has 0 fully saturated rings. The van der Waals surface area contributed by atoms with Crippen molar-refractivity contribution in [2.45, 2.75) is 18.7 Å². The van der Waals surface area contributed by atoms with Crippen LogP contribution in [0.15, 0.2) is 45.8 Å². The molecule has 0 amide bonds. The van der Waals surface area contributed by atoms with Gasteiger partial charge in [-0.2, -0.15) is 0 Å². The second-order valence-corrected chi connectivity index (χ2v) is 6.78. The van der Waals surface area contributed by atoms with Crippen molar-refractivity contribution in [2.75, 3.05) is 10.5 Å². The second kappa shape index (κ2) is 5.03. The molecule has 3 N–H and O–H groups in total. The predicted molar refractivity (Wildman–Crippen MR) is 85.1 cm³/mol. The summed E-state index contributed by atoms with van der Waals surface area (Å²) in [6, 6.07) is 10.2. The first-order valence-corrected chi connectivity index (χ1v) is 8.10. The Kier molecular flexibility index (Phi) is 3.29. The lowest BCUT2D eigenvalue weighted by molar-refractivity contribution is 0.430. The van der Waals surface area contributed by atoms with Crippen LogP contribution in [-0.2, 0) is 10.0 Å². The van der Waals surface area contributed by atoms with Gasteiger partial charge in [0.15, 0.2) is 0 Å². The van der Waals surface area contributed by atoms with Crippen molar-refractivity contribution in [1.82, 2.24) is 5.16 Å². The number of nitrogens with one attached hydrogen (secondary N) is 1. The summed E-state index contributed by atoms with van der Waals surface area (Å²) in [7, 11) is -3.75. The highest BCUT2D eigenvalue weighted by atomic mass is 32.2. The summed E-state index contributed by atoms with van der Waals surface area (Å²) in [4.78, 5) is 0.138. The number of nitrogens with zero attached hydrogens (tertiary/aromatic N) is 1. The molecule has 6 nitrogen and oxygen atoms in total. The maximum atomic E-state index is 12.5. The van der Waals surface area contributed by atoms with E-state index in [1.165, 1.54) is 0 Å². The van der Waals surface area contributed by atoms with Gasteiger partial charge in [0, 0.05) is 11.3 Å². The summed E-state index contributed by atoms with van der Waals surface area (Å²) < 4.78 is 32.3. The van der Waals surface area contributed by atoms with E-state index in [4.69, 9.17) is 10.3 Å². The fraction of sp³-hybridized carbons (Fsp3) is 0.133. The fourth-order valence-electron chi connectivity index (χ4n) is 2.10. The Labute approximate surface area is 128 Å². The van der Waals surface area contributed by atoms with E-state index in [0.717, 1.165) is 10.8 Å².